The average Bonchev–Trinajstić information content (AvgIpc) is 3.33. The van der Waals surface area contributed by atoms with Crippen LogP contribution in [0.15, 0.2) is 40.5 Å². The zero-order valence-electron chi connectivity index (χ0n) is 17.0. The van der Waals surface area contributed by atoms with E-state index in [1.54, 1.807) is 15.7 Å². The Morgan fingerprint density at radius 1 is 1.17 bits per heavy atom. The van der Waals surface area contributed by atoms with E-state index in [1.807, 2.05) is 20.2 Å². The fraction of sp³-hybridized carbons (Fsp3) is 0.333. The van der Waals surface area contributed by atoms with Crippen molar-refractivity contribution < 1.29 is 0 Å². The monoisotopic (exact) mass is 410 g/mol. The minimum atomic E-state index is -0.210. The van der Waals surface area contributed by atoms with Crippen molar-refractivity contribution >= 4 is 27.9 Å². The Hall–Kier alpha value is -2.52. The number of aromatic amines is 1. The third-order valence-corrected chi connectivity index (χ3v) is 6.04. The summed E-state index contributed by atoms with van der Waals surface area (Å²) in [7, 11) is 6.01. The van der Waals surface area contributed by atoms with Crippen LogP contribution in [0.3, 0.4) is 0 Å². The van der Waals surface area contributed by atoms with E-state index in [0.29, 0.717) is 5.65 Å². The van der Waals surface area contributed by atoms with Crippen molar-refractivity contribution in [3.05, 3.63) is 56.6 Å². The lowest BCUT2D eigenvalue weighted by Crippen LogP contribution is -2.27. The number of nitrogens with one attached hydrogen (secondary N) is 3. The predicted octanol–water partition coefficient (Wildman–Crippen LogP) is 2.27. The van der Waals surface area contributed by atoms with Gasteiger partial charge in [0.05, 0.1) is 5.52 Å². The topological polar surface area (TPSA) is 77.5 Å². The fourth-order valence-corrected chi connectivity index (χ4v) is 4.55. The van der Waals surface area contributed by atoms with Crippen molar-refractivity contribution in [2.24, 2.45) is 0 Å². The lowest BCUT2D eigenvalue weighted by atomic mass is 10.0. The number of fused-ring (bicyclic) bond motifs is 3. The first-order chi connectivity index (χ1) is 14.1. The zero-order chi connectivity index (χ0) is 20.4. The number of hydrogen-bond acceptors (Lipinski definition) is 6. The van der Waals surface area contributed by atoms with E-state index in [2.05, 4.69) is 62.4 Å². The van der Waals surface area contributed by atoms with Crippen LogP contribution in [0, 0.1) is 0 Å². The van der Waals surface area contributed by atoms with Crippen molar-refractivity contribution in [3.63, 3.8) is 0 Å². The van der Waals surface area contributed by atoms with Gasteiger partial charge in [-0.1, -0.05) is 12.1 Å². The normalized spacial score (nSPS) is 11.9. The van der Waals surface area contributed by atoms with Crippen LogP contribution >= 0.6 is 11.3 Å². The van der Waals surface area contributed by atoms with Crippen molar-refractivity contribution in [2.45, 2.75) is 13.1 Å². The molecule has 152 valence electrons. The minimum absolute atomic E-state index is 0.210. The molecular weight excluding hydrogens is 384 g/mol. The molecule has 0 amide bonds. The third kappa shape index (κ3) is 3.97. The van der Waals surface area contributed by atoms with Gasteiger partial charge in [-0.05, 0) is 61.4 Å². The molecule has 1 aromatic carbocycles. The maximum atomic E-state index is 12.4. The number of H-pyrrole nitrogens is 1. The van der Waals surface area contributed by atoms with Crippen molar-refractivity contribution in [2.75, 3.05) is 34.2 Å². The van der Waals surface area contributed by atoms with Gasteiger partial charge in [-0.25, -0.2) is 14.3 Å². The van der Waals surface area contributed by atoms with E-state index in [-0.39, 0.29) is 5.69 Å². The molecule has 0 bridgehead atoms. The summed E-state index contributed by atoms with van der Waals surface area (Å²) in [5.41, 5.74) is 4.76. The van der Waals surface area contributed by atoms with Gasteiger partial charge < -0.3 is 15.5 Å². The lowest BCUT2D eigenvalue weighted by molar-refractivity contribution is 0.329. The highest BCUT2D eigenvalue weighted by molar-refractivity contribution is 7.10. The first kappa shape index (κ1) is 19.8. The summed E-state index contributed by atoms with van der Waals surface area (Å²) < 4.78 is 1.66. The van der Waals surface area contributed by atoms with E-state index in [1.165, 1.54) is 10.4 Å². The van der Waals surface area contributed by atoms with Gasteiger partial charge in [0.15, 0.2) is 5.65 Å². The number of hydrogen-bond donors (Lipinski definition) is 3. The van der Waals surface area contributed by atoms with Gasteiger partial charge in [-0.3, -0.25) is 0 Å². The Balaban J connectivity index is 1.82. The van der Waals surface area contributed by atoms with Gasteiger partial charge in [0.2, 0.25) is 0 Å². The van der Waals surface area contributed by atoms with Crippen LogP contribution in [-0.4, -0.2) is 53.7 Å². The summed E-state index contributed by atoms with van der Waals surface area (Å²) in [6.45, 7) is 3.51. The molecule has 29 heavy (non-hydrogen) atoms. The van der Waals surface area contributed by atoms with Crippen molar-refractivity contribution in [1.29, 1.82) is 0 Å². The molecule has 0 spiro atoms. The van der Waals surface area contributed by atoms with Crippen LogP contribution in [0.4, 0.5) is 0 Å². The number of aromatic nitrogens is 3. The van der Waals surface area contributed by atoms with E-state index < -0.39 is 0 Å². The van der Waals surface area contributed by atoms with Gasteiger partial charge >= 0.3 is 5.69 Å². The Morgan fingerprint density at radius 3 is 2.83 bits per heavy atom. The Labute approximate surface area is 173 Å². The zero-order valence-corrected chi connectivity index (χ0v) is 17.8. The third-order valence-electron chi connectivity index (χ3n) is 5.11. The average molecular weight is 411 g/mol. The van der Waals surface area contributed by atoms with Gasteiger partial charge in [-0.2, -0.15) is 5.10 Å². The molecule has 0 saturated heterocycles. The molecule has 0 aliphatic heterocycles. The van der Waals surface area contributed by atoms with Crippen molar-refractivity contribution in [3.8, 4) is 11.1 Å². The SMILES string of the molecule is CNCCN(C)Cc1cc2n[nH]c(=O)n2c2cc(-c3csc(CNC)c3)ccc12. The number of benzene rings is 1. The van der Waals surface area contributed by atoms with Crippen LogP contribution in [0.1, 0.15) is 10.4 Å². The highest BCUT2D eigenvalue weighted by Gasteiger charge is 2.13. The second kappa shape index (κ2) is 8.46. The molecule has 3 N–H and O–H groups in total. The molecule has 0 unspecified atom stereocenters. The van der Waals surface area contributed by atoms with Crippen LogP contribution < -0.4 is 16.3 Å². The summed E-state index contributed by atoms with van der Waals surface area (Å²) >= 11 is 1.74. The quantitative estimate of drug-likeness (QED) is 0.415. The summed E-state index contributed by atoms with van der Waals surface area (Å²) in [6, 6.07) is 10.6. The summed E-state index contributed by atoms with van der Waals surface area (Å²) in [5, 5.41) is 16.4. The van der Waals surface area contributed by atoms with Crippen LogP contribution in [-0.2, 0) is 13.1 Å². The van der Waals surface area contributed by atoms with Gasteiger partial charge in [-0.15, -0.1) is 11.3 Å². The fourth-order valence-electron chi connectivity index (χ4n) is 3.64. The largest absolute Gasteiger partial charge is 0.348 e. The molecule has 8 heteroatoms. The Bertz CT molecular complexity index is 1190. The molecular formula is C21H26N6OS. The predicted molar refractivity (Wildman–Crippen MR) is 120 cm³/mol. The molecule has 3 heterocycles. The van der Waals surface area contributed by atoms with Gasteiger partial charge in [0.25, 0.3) is 0 Å². The van der Waals surface area contributed by atoms with E-state index in [9.17, 15) is 4.79 Å². The number of pyridine rings is 1. The second-order valence-corrected chi connectivity index (χ2v) is 8.29. The molecule has 0 saturated carbocycles. The maximum absolute atomic E-state index is 12.4. The molecule has 0 atom stereocenters. The molecule has 0 aliphatic rings. The summed E-state index contributed by atoms with van der Waals surface area (Å²) in [6.07, 6.45) is 0. The Kier molecular flexibility index (Phi) is 5.77. The van der Waals surface area contributed by atoms with E-state index in [0.717, 1.165) is 48.2 Å². The van der Waals surface area contributed by atoms with Crippen LogP contribution in [0.2, 0.25) is 0 Å². The molecule has 3 aromatic heterocycles. The molecule has 0 fully saturated rings. The second-order valence-electron chi connectivity index (χ2n) is 7.30. The smallest absolute Gasteiger partial charge is 0.318 e. The highest BCUT2D eigenvalue weighted by Crippen LogP contribution is 2.30. The molecule has 4 aromatic rings. The first-order valence-electron chi connectivity index (χ1n) is 9.69. The lowest BCUT2D eigenvalue weighted by Gasteiger charge is -2.18. The first-order valence-corrected chi connectivity index (χ1v) is 10.6. The molecule has 0 radical (unpaired) electrons. The maximum Gasteiger partial charge on any atom is 0.348 e. The summed E-state index contributed by atoms with van der Waals surface area (Å²) in [4.78, 5) is 16.0. The van der Waals surface area contributed by atoms with Gasteiger partial charge in [0.1, 0.15) is 0 Å². The van der Waals surface area contributed by atoms with Gasteiger partial charge in [0, 0.05) is 36.4 Å². The van der Waals surface area contributed by atoms with Crippen LogP contribution in [0.25, 0.3) is 27.7 Å². The summed E-state index contributed by atoms with van der Waals surface area (Å²) in [5.74, 6) is 0. The highest BCUT2D eigenvalue weighted by atomic mass is 32.1. The van der Waals surface area contributed by atoms with Crippen LogP contribution in [0.5, 0.6) is 0 Å². The molecule has 7 nitrogen and oxygen atoms in total. The number of rotatable bonds is 8. The molecule has 4 rings (SSSR count). The van der Waals surface area contributed by atoms with E-state index in [4.69, 9.17) is 0 Å². The van der Waals surface area contributed by atoms with Crippen molar-refractivity contribution in [1.82, 2.24) is 30.1 Å². The Morgan fingerprint density at radius 2 is 2.03 bits per heavy atom. The molecule has 0 aliphatic carbocycles. The standard InChI is InChI=1S/C21H26N6OS/c1-22-6-7-26(3)12-15-10-20-24-25-21(28)27(20)19-9-14(4-5-18(15)19)16-8-17(11-23-2)29-13-16/h4-5,8-10,13,22-23H,6-7,11-12H2,1-3H3,(H,25,28). The number of likely N-dealkylation sites (N-methyl/N-ethyl adjacent to an activating group) is 2. The number of nitrogens with zero attached hydrogens (tertiary/aromatic N) is 3. The van der Waals surface area contributed by atoms with E-state index >= 15 is 0 Å². The number of thiophene rings is 1. The minimum Gasteiger partial charge on any atom is -0.318 e.